The number of nitrogens with two attached hydrogens (primary N) is 1. The molecule has 1 aromatic carbocycles. The largest absolute Gasteiger partial charge is 0.337 e. The molecule has 1 heterocycles. The smallest absolute Gasteiger partial charge is 0.280 e. The molecule has 2 rings (SSSR count). The zero-order chi connectivity index (χ0) is 15.5. The van der Waals surface area contributed by atoms with Crippen molar-refractivity contribution in [2.45, 2.75) is 11.9 Å². The molecule has 0 aliphatic heterocycles. The van der Waals surface area contributed by atoms with Gasteiger partial charge in [-0.15, -0.1) is 0 Å². The van der Waals surface area contributed by atoms with Gasteiger partial charge < -0.3 is 10.3 Å². The number of nitrogens with zero attached hydrogens (tertiary/aromatic N) is 2. The Labute approximate surface area is 124 Å². The minimum atomic E-state index is -3.74. The molecule has 0 unspecified atom stereocenters. The van der Waals surface area contributed by atoms with Gasteiger partial charge in [-0.3, -0.25) is 4.72 Å². The highest BCUT2D eigenvalue weighted by molar-refractivity contribution is 7.92. The van der Waals surface area contributed by atoms with Crippen molar-refractivity contribution in [2.24, 2.45) is 12.8 Å². The number of imidazole rings is 1. The molecule has 3 N–H and O–H groups in total. The van der Waals surface area contributed by atoms with Crippen LogP contribution in [0.4, 0.5) is 5.69 Å². The van der Waals surface area contributed by atoms with Crippen LogP contribution < -0.4 is 10.5 Å². The molecule has 6 nitrogen and oxygen atoms in total. The van der Waals surface area contributed by atoms with Crippen molar-refractivity contribution >= 4 is 15.7 Å². The van der Waals surface area contributed by atoms with Gasteiger partial charge in [0.05, 0.1) is 12.2 Å². The van der Waals surface area contributed by atoms with Crippen molar-refractivity contribution in [1.82, 2.24) is 9.55 Å². The first kappa shape index (κ1) is 15.1. The summed E-state index contributed by atoms with van der Waals surface area (Å²) in [6.45, 7) is 1.94. The van der Waals surface area contributed by atoms with Crippen molar-refractivity contribution in [3.63, 3.8) is 0 Å². The average molecular weight is 304 g/mol. The molecule has 7 heteroatoms. The minimum absolute atomic E-state index is 0.0240. The first-order valence-corrected chi connectivity index (χ1v) is 7.73. The molecule has 0 bridgehead atoms. The van der Waals surface area contributed by atoms with Gasteiger partial charge in [0.15, 0.2) is 5.03 Å². The lowest BCUT2D eigenvalue weighted by Gasteiger charge is -2.07. The van der Waals surface area contributed by atoms with Gasteiger partial charge >= 0.3 is 0 Å². The van der Waals surface area contributed by atoms with Crippen LogP contribution in [0.15, 0.2) is 35.5 Å². The fraction of sp³-hybridized carbons (Fsp3) is 0.214. The number of nitrogens with one attached hydrogen (secondary N) is 1. The fourth-order valence-corrected chi connectivity index (χ4v) is 2.80. The Kier molecular flexibility index (Phi) is 4.31. The number of hydrogen-bond acceptors (Lipinski definition) is 4. The summed E-state index contributed by atoms with van der Waals surface area (Å²) >= 11 is 0. The first-order valence-electron chi connectivity index (χ1n) is 6.25. The van der Waals surface area contributed by atoms with Crippen LogP contribution in [0, 0.1) is 18.8 Å². The van der Waals surface area contributed by atoms with Crippen LogP contribution in [0.3, 0.4) is 0 Å². The van der Waals surface area contributed by atoms with Crippen molar-refractivity contribution < 1.29 is 8.42 Å². The van der Waals surface area contributed by atoms with E-state index >= 15 is 0 Å². The van der Waals surface area contributed by atoms with Gasteiger partial charge in [-0.25, -0.2) is 4.98 Å². The third-order valence-electron chi connectivity index (χ3n) is 2.86. The van der Waals surface area contributed by atoms with E-state index in [1.54, 1.807) is 42.8 Å². The molecular weight excluding hydrogens is 288 g/mol. The lowest BCUT2D eigenvalue weighted by Crippen LogP contribution is -2.14. The molecule has 0 saturated carbocycles. The summed E-state index contributed by atoms with van der Waals surface area (Å²) < 4.78 is 28.8. The molecule has 0 saturated heterocycles. The summed E-state index contributed by atoms with van der Waals surface area (Å²) in [6.07, 6.45) is 1.46. The second-order valence-corrected chi connectivity index (χ2v) is 6.02. The van der Waals surface area contributed by atoms with E-state index in [9.17, 15) is 8.42 Å². The molecule has 110 valence electrons. The fourth-order valence-electron chi connectivity index (χ4n) is 1.68. The summed E-state index contributed by atoms with van der Waals surface area (Å²) in [5.41, 5.74) is 6.31. The van der Waals surface area contributed by atoms with E-state index < -0.39 is 10.0 Å². The topological polar surface area (TPSA) is 90.0 Å². The quantitative estimate of drug-likeness (QED) is 0.822. The van der Waals surface area contributed by atoms with Gasteiger partial charge in [0, 0.05) is 18.8 Å². The molecule has 0 spiro atoms. The Bertz CT molecular complexity index is 793. The second-order valence-electron chi connectivity index (χ2n) is 4.39. The highest BCUT2D eigenvalue weighted by Gasteiger charge is 2.19. The summed E-state index contributed by atoms with van der Waals surface area (Å²) in [5.74, 6) is 6.16. The predicted octanol–water partition coefficient (Wildman–Crippen LogP) is 0.840. The highest BCUT2D eigenvalue weighted by atomic mass is 32.2. The van der Waals surface area contributed by atoms with E-state index in [-0.39, 0.29) is 11.6 Å². The second kappa shape index (κ2) is 5.99. The van der Waals surface area contributed by atoms with Crippen LogP contribution in [0.1, 0.15) is 11.4 Å². The number of para-hydroxylation sites is 1. The van der Waals surface area contributed by atoms with Crippen molar-refractivity contribution in [3.05, 3.63) is 41.9 Å². The number of anilines is 1. The highest BCUT2D eigenvalue weighted by Crippen LogP contribution is 2.19. The molecule has 0 aliphatic rings. The summed E-state index contributed by atoms with van der Waals surface area (Å²) in [5, 5.41) is -0.0240. The van der Waals surface area contributed by atoms with Crippen LogP contribution in [-0.4, -0.2) is 24.5 Å². The third kappa shape index (κ3) is 3.42. The predicted molar refractivity (Wildman–Crippen MR) is 81.1 cm³/mol. The summed E-state index contributed by atoms with van der Waals surface area (Å²) in [4.78, 5) is 4.03. The van der Waals surface area contributed by atoms with Gasteiger partial charge in [0.25, 0.3) is 10.0 Å². The van der Waals surface area contributed by atoms with Gasteiger partial charge in [0.1, 0.15) is 5.82 Å². The van der Waals surface area contributed by atoms with Crippen molar-refractivity contribution in [3.8, 4) is 11.8 Å². The van der Waals surface area contributed by atoms with E-state index in [1.165, 1.54) is 6.20 Å². The Morgan fingerprint density at radius 1 is 1.38 bits per heavy atom. The number of hydrogen-bond donors (Lipinski definition) is 2. The monoisotopic (exact) mass is 304 g/mol. The van der Waals surface area contributed by atoms with Gasteiger partial charge in [-0.1, -0.05) is 24.0 Å². The maximum atomic E-state index is 12.3. The number of sulfonamides is 1. The SMILES string of the molecule is Cc1nc(S(=O)(=O)Nc2ccccc2C#CCN)cn1C. The number of aromatic nitrogens is 2. The lowest BCUT2D eigenvalue weighted by molar-refractivity contribution is 0.598. The number of aryl methyl sites for hydroxylation is 2. The molecule has 0 amide bonds. The Morgan fingerprint density at radius 2 is 2.10 bits per heavy atom. The van der Waals surface area contributed by atoms with E-state index in [2.05, 4.69) is 21.5 Å². The van der Waals surface area contributed by atoms with E-state index in [1.807, 2.05) is 0 Å². The van der Waals surface area contributed by atoms with E-state index in [0.717, 1.165) is 0 Å². The third-order valence-corrected chi connectivity index (χ3v) is 4.09. The molecule has 0 fully saturated rings. The Hall–Kier alpha value is -2.30. The van der Waals surface area contributed by atoms with Crippen LogP contribution >= 0.6 is 0 Å². The molecule has 1 aromatic heterocycles. The Morgan fingerprint density at radius 3 is 2.71 bits per heavy atom. The van der Waals surface area contributed by atoms with Crippen LogP contribution in [0.2, 0.25) is 0 Å². The summed E-state index contributed by atoms with van der Waals surface area (Å²) in [7, 11) is -2.01. The Balaban J connectivity index is 2.37. The maximum absolute atomic E-state index is 12.3. The van der Waals surface area contributed by atoms with Crippen LogP contribution in [0.25, 0.3) is 0 Å². The number of rotatable bonds is 3. The standard InChI is InChI=1S/C14H16N4O2S/c1-11-16-14(10-18(11)2)21(19,20)17-13-8-4-3-6-12(13)7-5-9-15/h3-4,6,8,10,17H,9,15H2,1-2H3. The molecular formula is C14H16N4O2S. The maximum Gasteiger partial charge on any atom is 0.280 e. The van der Waals surface area contributed by atoms with Crippen molar-refractivity contribution in [2.75, 3.05) is 11.3 Å². The van der Waals surface area contributed by atoms with Crippen molar-refractivity contribution in [1.29, 1.82) is 0 Å². The van der Waals surface area contributed by atoms with Crippen LogP contribution in [0.5, 0.6) is 0 Å². The van der Waals surface area contributed by atoms with E-state index in [0.29, 0.717) is 17.1 Å². The first-order chi connectivity index (χ1) is 9.94. The number of benzene rings is 1. The van der Waals surface area contributed by atoms with Gasteiger partial charge in [-0.05, 0) is 19.1 Å². The molecule has 0 atom stereocenters. The molecule has 0 radical (unpaired) electrons. The normalized spacial score (nSPS) is 10.8. The lowest BCUT2D eigenvalue weighted by atomic mass is 10.2. The van der Waals surface area contributed by atoms with Gasteiger partial charge in [-0.2, -0.15) is 8.42 Å². The zero-order valence-corrected chi connectivity index (χ0v) is 12.6. The minimum Gasteiger partial charge on any atom is -0.337 e. The average Bonchev–Trinajstić information content (AvgIpc) is 2.78. The van der Waals surface area contributed by atoms with E-state index in [4.69, 9.17) is 5.73 Å². The molecule has 2 aromatic rings. The molecule has 21 heavy (non-hydrogen) atoms. The van der Waals surface area contributed by atoms with Crippen LogP contribution in [-0.2, 0) is 17.1 Å². The molecule has 0 aliphatic carbocycles. The summed E-state index contributed by atoms with van der Waals surface area (Å²) in [6, 6.07) is 6.89. The van der Waals surface area contributed by atoms with Gasteiger partial charge in [0.2, 0.25) is 0 Å². The zero-order valence-electron chi connectivity index (χ0n) is 11.8.